The van der Waals surface area contributed by atoms with Crippen LogP contribution in [-0.4, -0.2) is 309 Å². The van der Waals surface area contributed by atoms with Gasteiger partial charge in [-0.25, -0.2) is 0 Å². The summed E-state index contributed by atoms with van der Waals surface area (Å²) >= 11 is 0. The molecule has 0 radical (unpaired) electrons. The van der Waals surface area contributed by atoms with Gasteiger partial charge in [-0.3, -0.25) is 43.3 Å². The Morgan fingerprint density at radius 1 is 0.438 bits per heavy atom. The number of carbonyl (C=O) groups excluding carboxylic acids is 8. The van der Waals surface area contributed by atoms with Gasteiger partial charge in [-0.2, -0.15) is 0 Å². The average molecular weight is 1160 g/mol. The molecule has 1 aliphatic heterocycles. The van der Waals surface area contributed by atoms with Gasteiger partial charge in [0, 0.05) is 64.0 Å². The molecule has 0 aromatic rings. The monoisotopic (exact) mass is 1160 g/mol. The Hall–Kier alpha value is -4.82. The molecule has 1 rings (SSSR count). The first-order chi connectivity index (χ1) is 38.2. The number of imide groups is 1. The fraction of sp³-hybridized carbons (Fsp3) is 0.792. The van der Waals surface area contributed by atoms with Crippen LogP contribution in [0, 0.1) is 0 Å². The van der Waals surface area contributed by atoms with E-state index in [0.29, 0.717) is 19.8 Å². The fourth-order valence-corrected chi connectivity index (χ4v) is 6.62. The first-order valence-corrected chi connectivity index (χ1v) is 26.0. The summed E-state index contributed by atoms with van der Waals surface area (Å²) in [6, 6.07) is -2.49. The third kappa shape index (κ3) is 33.2. The first-order valence-electron chi connectivity index (χ1n) is 26.0. The highest BCUT2D eigenvalue weighted by molar-refractivity contribution is 6.15. The Morgan fingerprint density at radius 3 is 1.19 bits per heavy atom. The number of ether oxygens (including phenoxy) is 8. The van der Waals surface area contributed by atoms with Crippen molar-refractivity contribution in [2.75, 3.05) is 145 Å². The van der Waals surface area contributed by atoms with Crippen molar-refractivity contribution in [2.24, 2.45) is 0 Å². The van der Waals surface area contributed by atoms with Gasteiger partial charge in [-0.1, -0.05) is 0 Å². The van der Waals surface area contributed by atoms with Gasteiger partial charge >= 0.3 is 0 Å². The molecular formula is C48H84N6O26. The molecular weight excluding hydrogens is 1080 g/mol. The molecule has 1 aliphatic rings. The molecule has 0 bridgehead atoms. The van der Waals surface area contributed by atoms with E-state index in [4.69, 9.17) is 48.1 Å². The maximum absolute atomic E-state index is 13.0. The normalized spacial score (nSPS) is 16.2. The predicted molar refractivity (Wildman–Crippen MR) is 271 cm³/mol. The Balaban J connectivity index is 2.10. The number of rotatable bonds is 51. The van der Waals surface area contributed by atoms with Crippen LogP contribution in [0.4, 0.5) is 0 Å². The third-order valence-electron chi connectivity index (χ3n) is 11.3. The van der Waals surface area contributed by atoms with E-state index in [2.05, 4.69) is 26.6 Å². The van der Waals surface area contributed by atoms with Gasteiger partial charge in [0.05, 0.1) is 131 Å². The van der Waals surface area contributed by atoms with E-state index in [0.717, 1.165) is 17.1 Å². The lowest BCUT2D eigenvalue weighted by molar-refractivity contribution is -0.144. The molecule has 0 saturated heterocycles. The zero-order chi connectivity index (χ0) is 59.7. The minimum Gasteiger partial charge on any atom is -0.394 e. The Kier molecular flexibility index (Phi) is 41.0. The number of amides is 7. The van der Waals surface area contributed by atoms with E-state index < -0.39 is 135 Å². The topological polar surface area (TPSA) is 476 Å². The molecule has 7 amide bonds. The van der Waals surface area contributed by atoms with E-state index in [1.807, 2.05) is 0 Å². The van der Waals surface area contributed by atoms with Crippen molar-refractivity contribution in [1.82, 2.24) is 31.5 Å². The molecule has 80 heavy (non-hydrogen) atoms. The lowest BCUT2D eigenvalue weighted by Crippen LogP contribution is -2.53. The van der Waals surface area contributed by atoms with Gasteiger partial charge in [-0.15, -0.1) is 0 Å². The van der Waals surface area contributed by atoms with Gasteiger partial charge < -0.3 is 116 Å². The molecule has 0 saturated carbocycles. The van der Waals surface area contributed by atoms with Crippen LogP contribution in [0.3, 0.4) is 0 Å². The molecule has 0 fully saturated rings. The van der Waals surface area contributed by atoms with Gasteiger partial charge in [0.25, 0.3) is 11.8 Å². The standard InChI is InChI=1S/C48H84N6O26/c1-31(57)33(54-42(66)4-5-43(54)67)26-50-40(64)7-11-74-15-19-78-23-22-77-18-14-73-10-6-39(63)49-9-13-76-17-21-80-25-24-79-20-16-75-12-8-41(65)53-32(48(72)52-28-35(59)45(69)47(71)37(61)30-56)2-3-38(62)51-27-34(58)44(68)46(70)36(60)29-55/h4-5,32-37,44-47,55-56,58-61,68-71H,2-3,6-30H2,1H3,(H,49,63)(H,50,64)(H,51,62)(H,52,72)(H,53,65)/t32-,33-,34-,35-,36+,37+,44+,45+,46+,47+/m0/s1. The zero-order valence-corrected chi connectivity index (χ0v) is 45.0. The van der Waals surface area contributed by atoms with Gasteiger partial charge in [0.15, 0.2) is 5.78 Å². The quantitative estimate of drug-likeness (QED) is 0.0199. The van der Waals surface area contributed by atoms with Crippen molar-refractivity contribution in [3.8, 4) is 0 Å². The highest BCUT2D eigenvalue weighted by Crippen LogP contribution is 2.11. The molecule has 1 heterocycles. The number of Topliss-reactive ketones (excluding diaryl/α,β-unsaturated/α-hetero) is 1. The zero-order valence-electron chi connectivity index (χ0n) is 45.0. The predicted octanol–water partition coefficient (Wildman–Crippen LogP) is -9.23. The van der Waals surface area contributed by atoms with Crippen molar-refractivity contribution < 1.29 is 127 Å². The van der Waals surface area contributed by atoms with Crippen LogP contribution in [-0.2, 0) is 76.3 Å². The van der Waals surface area contributed by atoms with Crippen molar-refractivity contribution in [3.63, 3.8) is 0 Å². The highest BCUT2D eigenvalue weighted by atomic mass is 16.6. The Bertz CT molecular complexity index is 1800. The van der Waals surface area contributed by atoms with Crippen LogP contribution in [0.2, 0.25) is 0 Å². The van der Waals surface area contributed by atoms with Crippen LogP contribution in [0.25, 0.3) is 0 Å². The molecule has 32 nitrogen and oxygen atoms in total. The van der Waals surface area contributed by atoms with Crippen LogP contribution in [0.15, 0.2) is 12.2 Å². The maximum atomic E-state index is 13.0. The summed E-state index contributed by atoms with van der Waals surface area (Å²) < 4.78 is 43.3. The lowest BCUT2D eigenvalue weighted by atomic mass is 10.0. The van der Waals surface area contributed by atoms with E-state index in [-0.39, 0.29) is 131 Å². The van der Waals surface area contributed by atoms with Gasteiger partial charge in [-0.05, 0) is 13.3 Å². The highest BCUT2D eigenvalue weighted by Gasteiger charge is 2.35. The minimum absolute atomic E-state index is 0.00684. The summed E-state index contributed by atoms with van der Waals surface area (Å²) in [4.78, 5) is 98.8. The summed E-state index contributed by atoms with van der Waals surface area (Å²) in [5, 5.41) is 109. The van der Waals surface area contributed by atoms with E-state index >= 15 is 0 Å². The average Bonchev–Trinajstić information content (AvgIpc) is 3.78. The summed E-state index contributed by atoms with van der Waals surface area (Å²) in [6.45, 7) is 1.57. The Labute approximate surface area is 462 Å². The lowest BCUT2D eigenvalue weighted by Gasteiger charge is -2.26. The molecule has 0 aromatic heterocycles. The molecule has 0 spiro atoms. The first kappa shape index (κ1) is 73.2. The van der Waals surface area contributed by atoms with Gasteiger partial charge in [0.2, 0.25) is 29.5 Å². The van der Waals surface area contributed by atoms with Crippen LogP contribution >= 0.6 is 0 Å². The number of carbonyl (C=O) groups is 8. The second-order valence-electron chi connectivity index (χ2n) is 17.6. The molecule has 10 atom stereocenters. The van der Waals surface area contributed by atoms with Crippen LogP contribution in [0.5, 0.6) is 0 Å². The van der Waals surface area contributed by atoms with Crippen LogP contribution < -0.4 is 26.6 Å². The largest absolute Gasteiger partial charge is 0.394 e. The number of nitrogens with zero attached hydrogens (tertiary/aromatic N) is 1. The summed E-state index contributed by atoms with van der Waals surface area (Å²) in [5.74, 6) is -4.67. The Morgan fingerprint density at radius 2 is 0.775 bits per heavy atom. The SMILES string of the molecule is CC(=O)[C@H](CNC(=O)CCOCCOCCOCCOCCC(=O)NCCOCCOCCOCCOCCC(=O)N[C@@H](CCC(=O)NC[C@H](O)[C@@H](O)[C@H](O)[C@H](O)CO)C(=O)NC[C@H](O)[C@@H](O)[C@H](O)[C@H](O)CO)N1C(=O)C=CC1=O. The molecule has 0 aromatic carbocycles. The van der Waals surface area contributed by atoms with E-state index in [1.54, 1.807) is 0 Å². The third-order valence-corrected chi connectivity index (χ3v) is 11.3. The van der Waals surface area contributed by atoms with Crippen molar-refractivity contribution >= 4 is 47.1 Å². The number of ketones is 1. The molecule has 0 unspecified atom stereocenters. The molecule has 0 aliphatic carbocycles. The smallest absolute Gasteiger partial charge is 0.254 e. The molecule has 32 heteroatoms. The summed E-state index contributed by atoms with van der Waals surface area (Å²) in [7, 11) is 0. The van der Waals surface area contributed by atoms with E-state index in [1.165, 1.54) is 6.92 Å². The minimum atomic E-state index is -2.00. The van der Waals surface area contributed by atoms with Crippen molar-refractivity contribution in [2.45, 2.75) is 99.9 Å². The van der Waals surface area contributed by atoms with Gasteiger partial charge in [0.1, 0.15) is 48.7 Å². The second kappa shape index (κ2) is 44.8. The number of aliphatic hydroxyl groups excluding tert-OH is 10. The fourth-order valence-electron chi connectivity index (χ4n) is 6.62. The maximum Gasteiger partial charge on any atom is 0.254 e. The van der Waals surface area contributed by atoms with Crippen LogP contribution in [0.1, 0.15) is 39.0 Å². The summed E-state index contributed by atoms with van der Waals surface area (Å²) in [6.07, 6.45) is -13.8. The number of nitrogens with one attached hydrogen (secondary N) is 5. The molecule has 15 N–H and O–H groups in total. The van der Waals surface area contributed by atoms with E-state index in [9.17, 15) is 79.2 Å². The summed E-state index contributed by atoms with van der Waals surface area (Å²) in [5.41, 5.74) is 0. The van der Waals surface area contributed by atoms with Crippen molar-refractivity contribution in [1.29, 1.82) is 0 Å². The number of hydrogen-bond donors (Lipinski definition) is 15. The van der Waals surface area contributed by atoms with Crippen molar-refractivity contribution in [3.05, 3.63) is 12.2 Å². The molecule has 462 valence electrons. The number of hydrogen-bond acceptors (Lipinski definition) is 26. The number of aliphatic hydroxyl groups is 10. The second-order valence-corrected chi connectivity index (χ2v) is 17.6.